The topological polar surface area (TPSA) is 106 Å². The molecule has 3 aliphatic rings. The van der Waals surface area contributed by atoms with Gasteiger partial charge in [0.2, 0.25) is 11.8 Å². The van der Waals surface area contributed by atoms with E-state index in [1.54, 1.807) is 34.2 Å². The van der Waals surface area contributed by atoms with Crippen molar-refractivity contribution in [3.05, 3.63) is 65.7 Å². The Kier molecular flexibility index (Phi) is 8.00. The van der Waals surface area contributed by atoms with Gasteiger partial charge in [-0.1, -0.05) is 48.4 Å². The Morgan fingerprint density at radius 2 is 1.87 bits per heavy atom. The summed E-state index contributed by atoms with van der Waals surface area (Å²) >= 11 is 0. The maximum absolute atomic E-state index is 13.8. The van der Waals surface area contributed by atoms with Crippen LogP contribution in [0.25, 0.3) is 0 Å². The van der Waals surface area contributed by atoms with Gasteiger partial charge in [0.25, 0.3) is 0 Å². The van der Waals surface area contributed by atoms with Gasteiger partial charge in [-0.05, 0) is 36.1 Å². The molecule has 0 saturated carbocycles. The number of aromatic hydroxyl groups is 1. The van der Waals surface area contributed by atoms with Crippen LogP contribution >= 0.6 is 0 Å². The number of rotatable bonds is 7. The minimum absolute atomic E-state index is 0.0666. The van der Waals surface area contributed by atoms with Crippen molar-refractivity contribution in [1.29, 1.82) is 0 Å². The number of hydrogen-bond acceptors (Lipinski definition) is 6. The molecule has 0 aromatic heterocycles. The zero-order chi connectivity index (χ0) is 27.4. The van der Waals surface area contributed by atoms with E-state index in [4.69, 9.17) is 11.2 Å². The third-order valence-electron chi connectivity index (χ3n) is 7.41. The fourth-order valence-corrected chi connectivity index (χ4v) is 5.55. The first-order valence-corrected chi connectivity index (χ1v) is 13.2. The number of nitrogens with zero attached hydrogens (tertiary/aromatic N) is 4. The number of nitrogens with one attached hydrogen (secondary N) is 1. The molecule has 3 heterocycles. The summed E-state index contributed by atoms with van der Waals surface area (Å²) in [6.07, 6.45) is 6.83. The lowest BCUT2D eigenvalue weighted by Crippen LogP contribution is -2.77. The fourth-order valence-electron chi connectivity index (χ4n) is 5.55. The number of phenolic OH excluding ortho intramolecular Hbond substituents is 1. The van der Waals surface area contributed by atoms with E-state index in [2.05, 4.69) is 11.2 Å². The minimum atomic E-state index is -0.820. The summed E-state index contributed by atoms with van der Waals surface area (Å²) < 4.78 is 5.82. The molecule has 2 N–H and O–H groups in total. The second-order valence-corrected chi connectivity index (χ2v) is 10.1. The monoisotopic (exact) mass is 531 g/mol. The van der Waals surface area contributed by atoms with Crippen LogP contribution < -0.4 is 5.32 Å². The van der Waals surface area contributed by atoms with Crippen molar-refractivity contribution in [2.75, 3.05) is 32.8 Å². The van der Waals surface area contributed by atoms with E-state index in [1.165, 1.54) is 9.91 Å². The van der Waals surface area contributed by atoms with Gasteiger partial charge in [-0.25, -0.2) is 9.80 Å². The molecule has 2 aromatic carbocycles. The van der Waals surface area contributed by atoms with Gasteiger partial charge < -0.3 is 25.0 Å². The minimum Gasteiger partial charge on any atom is -0.508 e. The summed E-state index contributed by atoms with van der Waals surface area (Å²) in [7, 11) is 0. The van der Waals surface area contributed by atoms with Crippen LogP contribution in [-0.4, -0.2) is 93.9 Å². The van der Waals surface area contributed by atoms with E-state index in [9.17, 15) is 19.5 Å². The van der Waals surface area contributed by atoms with E-state index < -0.39 is 18.2 Å². The second kappa shape index (κ2) is 11.8. The number of urea groups is 1. The van der Waals surface area contributed by atoms with Crippen LogP contribution in [0.5, 0.6) is 5.75 Å². The predicted molar refractivity (Wildman–Crippen MR) is 143 cm³/mol. The molecule has 10 nitrogen and oxygen atoms in total. The average Bonchev–Trinajstić information content (AvgIpc) is 3.45. The first kappa shape index (κ1) is 26.5. The largest absolute Gasteiger partial charge is 0.508 e. The Bertz CT molecular complexity index is 1220. The fraction of sp³-hybridized carbons (Fsp3) is 0.414. The van der Waals surface area contributed by atoms with Crippen LogP contribution in [0.3, 0.4) is 0 Å². The maximum Gasteiger partial charge on any atom is 0.334 e. The molecular formula is C29H33N5O5. The molecule has 204 valence electrons. The van der Waals surface area contributed by atoms with Crippen molar-refractivity contribution >= 4 is 17.8 Å². The number of piperazine rings is 1. The van der Waals surface area contributed by atoms with Gasteiger partial charge in [-0.2, -0.15) is 5.01 Å². The zero-order valence-electron chi connectivity index (χ0n) is 21.7. The summed E-state index contributed by atoms with van der Waals surface area (Å²) in [5.41, 5.74) is 1.73. The van der Waals surface area contributed by atoms with Crippen molar-refractivity contribution in [2.45, 2.75) is 44.1 Å². The highest BCUT2D eigenvalue weighted by atomic mass is 16.5. The van der Waals surface area contributed by atoms with Gasteiger partial charge in [0.05, 0.1) is 25.7 Å². The van der Waals surface area contributed by atoms with E-state index >= 15 is 0 Å². The van der Waals surface area contributed by atoms with E-state index in [-0.39, 0.29) is 49.7 Å². The lowest BCUT2D eigenvalue weighted by atomic mass is 9.98. The highest BCUT2D eigenvalue weighted by molar-refractivity contribution is 5.91. The molecule has 3 saturated heterocycles. The molecule has 2 aromatic rings. The smallest absolute Gasteiger partial charge is 0.334 e. The number of carbonyl (C=O) groups is 3. The molecule has 3 atom stereocenters. The van der Waals surface area contributed by atoms with Gasteiger partial charge in [-0.3, -0.25) is 9.59 Å². The third-order valence-corrected chi connectivity index (χ3v) is 7.41. The number of amides is 4. The number of hydrazine groups is 1. The van der Waals surface area contributed by atoms with Crippen LogP contribution in [0, 0.1) is 12.3 Å². The van der Waals surface area contributed by atoms with Crippen molar-refractivity contribution in [3.8, 4) is 18.1 Å². The third kappa shape index (κ3) is 5.85. The number of hydrogen-bond donors (Lipinski definition) is 2. The number of phenols is 1. The number of benzene rings is 2. The van der Waals surface area contributed by atoms with Crippen LogP contribution in [0.15, 0.2) is 54.6 Å². The number of terminal acetylenes is 1. The van der Waals surface area contributed by atoms with Crippen molar-refractivity contribution in [3.63, 3.8) is 0 Å². The van der Waals surface area contributed by atoms with E-state index in [0.717, 1.165) is 24.0 Å². The first-order chi connectivity index (χ1) is 18.9. The van der Waals surface area contributed by atoms with Crippen LogP contribution in [0.1, 0.15) is 24.0 Å². The summed E-state index contributed by atoms with van der Waals surface area (Å²) in [5.74, 6) is 2.22. The van der Waals surface area contributed by atoms with Crippen molar-refractivity contribution < 1.29 is 24.2 Å². The standard InChI is InChI=1S/C29H33N5O5/c1-2-14-32-20-27(36)33-25(16-21-10-12-23(35)13-11-21)28(37)31(18-24-9-6-15-39-24)19-26(33)34(32)29(38)30-17-22-7-4-3-5-8-22/h1,3-5,7-8,10-13,24-26,35H,6,9,14-20H2,(H,30,38)/t24?,25-,26-/m0/s1. The van der Waals surface area contributed by atoms with Gasteiger partial charge in [0.1, 0.15) is 18.0 Å². The molecular weight excluding hydrogens is 498 g/mol. The van der Waals surface area contributed by atoms with Gasteiger partial charge >= 0.3 is 6.03 Å². The van der Waals surface area contributed by atoms with Crippen molar-refractivity contribution in [1.82, 2.24) is 25.1 Å². The molecule has 3 fully saturated rings. The molecule has 10 heteroatoms. The van der Waals surface area contributed by atoms with Gasteiger partial charge in [-0.15, -0.1) is 6.42 Å². The van der Waals surface area contributed by atoms with Crippen LogP contribution in [0.4, 0.5) is 4.79 Å². The normalized spacial score (nSPS) is 23.5. The Balaban J connectivity index is 1.46. The maximum atomic E-state index is 13.8. The molecule has 0 radical (unpaired) electrons. The lowest BCUT2D eigenvalue weighted by Gasteiger charge is -2.55. The predicted octanol–water partition coefficient (Wildman–Crippen LogP) is 1.55. The number of carbonyl (C=O) groups excluding carboxylic acids is 3. The highest BCUT2D eigenvalue weighted by Gasteiger charge is 2.51. The van der Waals surface area contributed by atoms with E-state index in [1.807, 2.05) is 30.3 Å². The Morgan fingerprint density at radius 3 is 2.56 bits per heavy atom. The summed E-state index contributed by atoms with van der Waals surface area (Å²) in [6.45, 7) is 1.44. The molecule has 0 spiro atoms. The molecule has 3 aliphatic heterocycles. The molecule has 0 bridgehead atoms. The molecule has 0 aliphatic carbocycles. The summed E-state index contributed by atoms with van der Waals surface area (Å²) in [5, 5.41) is 15.8. The number of fused-ring (bicyclic) bond motifs is 1. The Morgan fingerprint density at radius 1 is 1.10 bits per heavy atom. The second-order valence-electron chi connectivity index (χ2n) is 10.1. The average molecular weight is 532 g/mol. The Labute approximate surface area is 228 Å². The quantitative estimate of drug-likeness (QED) is 0.526. The van der Waals surface area contributed by atoms with Crippen molar-refractivity contribution in [2.24, 2.45) is 0 Å². The van der Waals surface area contributed by atoms with Gasteiger partial charge in [0.15, 0.2) is 0 Å². The van der Waals surface area contributed by atoms with Gasteiger partial charge in [0, 0.05) is 26.1 Å². The zero-order valence-corrected chi connectivity index (χ0v) is 21.7. The van der Waals surface area contributed by atoms with Crippen LogP contribution in [0.2, 0.25) is 0 Å². The summed E-state index contributed by atoms with van der Waals surface area (Å²) in [4.78, 5) is 44.3. The summed E-state index contributed by atoms with van der Waals surface area (Å²) in [6, 6.07) is 14.9. The first-order valence-electron chi connectivity index (χ1n) is 13.2. The number of ether oxygens (including phenoxy) is 1. The molecule has 1 unspecified atom stereocenters. The molecule has 39 heavy (non-hydrogen) atoms. The highest BCUT2D eigenvalue weighted by Crippen LogP contribution is 2.29. The lowest BCUT2D eigenvalue weighted by molar-refractivity contribution is -0.189. The van der Waals surface area contributed by atoms with E-state index in [0.29, 0.717) is 19.7 Å². The SMILES string of the molecule is C#CCN1CC(=O)N2[C@@H](Cc3ccc(O)cc3)C(=O)N(CC3CCCO3)C[C@@H]2N1C(=O)NCc1ccccc1. The molecule has 4 amide bonds. The van der Waals surface area contributed by atoms with Crippen LogP contribution in [-0.2, 0) is 27.3 Å². The molecule has 5 rings (SSSR count). The Hall–Kier alpha value is -4.07.